The number of allylic oxidation sites excluding steroid dienone is 1. The van der Waals surface area contributed by atoms with Crippen molar-refractivity contribution in [1.82, 2.24) is 4.90 Å². The molecule has 0 saturated carbocycles. The number of fused-ring (bicyclic) bond motifs is 3. The third-order valence-electron chi connectivity index (χ3n) is 5.75. The summed E-state index contributed by atoms with van der Waals surface area (Å²) in [6, 6.07) is 2.50. The maximum Gasteiger partial charge on any atom is 0.435 e. The Morgan fingerprint density at radius 2 is 1.66 bits per heavy atom. The van der Waals surface area contributed by atoms with Gasteiger partial charge in [-0.2, -0.15) is 26.3 Å². The molecule has 1 unspecified atom stereocenters. The van der Waals surface area contributed by atoms with E-state index in [0.29, 0.717) is 48.3 Å². The highest BCUT2D eigenvalue weighted by molar-refractivity contribution is 5.42. The number of nitrogens with zero attached hydrogens (tertiary/aromatic N) is 1. The molecule has 1 aliphatic carbocycles. The monoisotopic (exact) mass is 423 g/mol. The molecule has 1 heterocycles. The van der Waals surface area contributed by atoms with Crippen LogP contribution in [0.25, 0.3) is 0 Å². The van der Waals surface area contributed by atoms with E-state index in [1.807, 2.05) is 4.90 Å². The first-order valence-electron chi connectivity index (χ1n) is 8.98. The van der Waals surface area contributed by atoms with Gasteiger partial charge in [-0.3, -0.25) is 0 Å². The molecular formula is C19H20F7N3. The van der Waals surface area contributed by atoms with Gasteiger partial charge in [0.25, 0.3) is 0 Å². The molecule has 160 valence electrons. The van der Waals surface area contributed by atoms with E-state index in [1.54, 1.807) is 6.08 Å². The molecule has 1 aromatic rings. The molecule has 3 nitrogen and oxygen atoms in total. The minimum absolute atomic E-state index is 0.0142. The summed E-state index contributed by atoms with van der Waals surface area (Å²) in [5.74, 6) is -0.0975. The van der Waals surface area contributed by atoms with Crippen LogP contribution in [0.1, 0.15) is 35.4 Å². The van der Waals surface area contributed by atoms with E-state index in [-0.39, 0.29) is 18.4 Å². The quantitative estimate of drug-likeness (QED) is 0.562. The van der Waals surface area contributed by atoms with Crippen LogP contribution in [0, 0.1) is 0 Å². The molecule has 1 saturated heterocycles. The molecule has 2 aliphatic rings. The maximum absolute atomic E-state index is 14.4. The van der Waals surface area contributed by atoms with Crippen LogP contribution in [0.2, 0.25) is 0 Å². The number of benzene rings is 1. The van der Waals surface area contributed by atoms with Gasteiger partial charge in [0.15, 0.2) is 0 Å². The summed E-state index contributed by atoms with van der Waals surface area (Å²) in [5, 5.41) is 0. The minimum Gasteiger partial charge on any atom is -0.405 e. The largest absolute Gasteiger partial charge is 0.435 e. The summed E-state index contributed by atoms with van der Waals surface area (Å²) in [5.41, 5.74) is 5.87. The number of hydrogen-bond donors (Lipinski definition) is 2. The van der Waals surface area contributed by atoms with E-state index in [2.05, 4.69) is 0 Å². The smallest absolute Gasteiger partial charge is 0.405 e. The number of rotatable bonds is 3. The van der Waals surface area contributed by atoms with Crippen LogP contribution in [-0.4, -0.2) is 29.8 Å². The average molecular weight is 423 g/mol. The third-order valence-corrected chi connectivity index (χ3v) is 5.75. The predicted molar refractivity (Wildman–Crippen MR) is 93.1 cm³/mol. The summed E-state index contributed by atoms with van der Waals surface area (Å²) in [6.07, 6.45) is -6.49. The standard InChI is InChI=1S/C19H20F7N3/c20-17(18(21,22)23,19(24,25)26)12-2-3-14-11(9-12)1-4-16-15(14)6-8-29(16)13(10-28)5-7-27/h2-3,5,7,9-10,15-16H,1,4,6,8,27-28H2/b7-5-,13-10+/t15-,16?/m0/s1. The van der Waals surface area contributed by atoms with Gasteiger partial charge < -0.3 is 16.4 Å². The molecule has 1 aliphatic heterocycles. The molecule has 0 radical (unpaired) electrons. The van der Waals surface area contributed by atoms with Crippen molar-refractivity contribution in [2.45, 2.75) is 49.2 Å². The van der Waals surface area contributed by atoms with Crippen LogP contribution in [0.4, 0.5) is 30.7 Å². The minimum atomic E-state index is -6.11. The van der Waals surface area contributed by atoms with Gasteiger partial charge in [0, 0.05) is 30.3 Å². The highest BCUT2D eigenvalue weighted by Crippen LogP contribution is 2.54. The Hall–Kier alpha value is -2.39. The number of hydrogen-bond acceptors (Lipinski definition) is 3. The molecular weight excluding hydrogens is 403 g/mol. The first kappa shape index (κ1) is 21.3. The highest BCUT2D eigenvalue weighted by Gasteiger charge is 2.73. The number of nitrogens with two attached hydrogens (primary N) is 2. The van der Waals surface area contributed by atoms with Crippen molar-refractivity contribution >= 4 is 0 Å². The Bertz CT molecular complexity index is 812. The van der Waals surface area contributed by atoms with Crippen molar-refractivity contribution in [2.75, 3.05) is 6.54 Å². The summed E-state index contributed by atoms with van der Waals surface area (Å²) in [6.45, 7) is 0.613. The Kier molecular flexibility index (Phi) is 5.25. The fourth-order valence-corrected chi connectivity index (χ4v) is 4.43. The maximum atomic E-state index is 14.4. The lowest BCUT2D eigenvalue weighted by molar-refractivity contribution is -0.348. The first-order chi connectivity index (χ1) is 13.5. The lowest BCUT2D eigenvalue weighted by Crippen LogP contribution is -2.50. The fourth-order valence-electron chi connectivity index (χ4n) is 4.43. The summed E-state index contributed by atoms with van der Waals surface area (Å²) < 4.78 is 92.7. The molecule has 1 aromatic carbocycles. The van der Waals surface area contributed by atoms with Crippen LogP contribution in [-0.2, 0) is 12.1 Å². The molecule has 10 heteroatoms. The van der Waals surface area contributed by atoms with E-state index >= 15 is 0 Å². The van der Waals surface area contributed by atoms with E-state index in [4.69, 9.17) is 11.5 Å². The Balaban J connectivity index is 1.98. The normalized spacial score (nSPS) is 23.4. The molecule has 0 bridgehead atoms. The second kappa shape index (κ2) is 7.14. The zero-order chi connectivity index (χ0) is 21.6. The lowest BCUT2D eigenvalue weighted by atomic mass is 9.77. The predicted octanol–water partition coefficient (Wildman–Crippen LogP) is 4.35. The SMILES string of the molecule is N/C=C\C(=C/N)N1CC[C@H]2c3ccc(C(F)(C(F)(F)F)C(F)(F)F)cc3CCC21. The van der Waals surface area contributed by atoms with Gasteiger partial charge in [-0.15, -0.1) is 0 Å². The molecule has 0 aromatic heterocycles. The van der Waals surface area contributed by atoms with E-state index in [9.17, 15) is 30.7 Å². The van der Waals surface area contributed by atoms with Gasteiger partial charge in [-0.25, -0.2) is 4.39 Å². The highest BCUT2D eigenvalue weighted by atomic mass is 19.4. The van der Waals surface area contributed by atoms with Crippen LogP contribution in [0.15, 0.2) is 42.4 Å². The van der Waals surface area contributed by atoms with E-state index in [1.165, 1.54) is 18.5 Å². The van der Waals surface area contributed by atoms with Crippen molar-refractivity contribution in [3.05, 3.63) is 59.1 Å². The Labute approximate surface area is 162 Å². The third kappa shape index (κ3) is 3.32. The van der Waals surface area contributed by atoms with Crippen molar-refractivity contribution in [1.29, 1.82) is 0 Å². The van der Waals surface area contributed by atoms with Gasteiger partial charge in [-0.05, 0) is 42.7 Å². The topological polar surface area (TPSA) is 55.3 Å². The van der Waals surface area contributed by atoms with Crippen LogP contribution in [0.5, 0.6) is 0 Å². The molecule has 2 atom stereocenters. The van der Waals surface area contributed by atoms with Crippen LogP contribution < -0.4 is 11.5 Å². The van der Waals surface area contributed by atoms with E-state index in [0.717, 1.165) is 0 Å². The second-order valence-electron chi connectivity index (χ2n) is 7.21. The Morgan fingerprint density at radius 1 is 1.00 bits per heavy atom. The summed E-state index contributed by atoms with van der Waals surface area (Å²) >= 11 is 0. The van der Waals surface area contributed by atoms with E-state index < -0.39 is 23.6 Å². The van der Waals surface area contributed by atoms with Gasteiger partial charge in [0.1, 0.15) is 0 Å². The number of alkyl halides is 7. The average Bonchev–Trinajstić information content (AvgIpc) is 3.07. The number of aryl methyl sites for hydroxylation is 1. The summed E-state index contributed by atoms with van der Waals surface area (Å²) in [4.78, 5) is 2.02. The summed E-state index contributed by atoms with van der Waals surface area (Å²) in [7, 11) is 0. The zero-order valence-electron chi connectivity index (χ0n) is 15.2. The van der Waals surface area contributed by atoms with Gasteiger partial charge in [0.2, 0.25) is 0 Å². The molecule has 1 fully saturated rings. The zero-order valence-corrected chi connectivity index (χ0v) is 15.2. The first-order valence-corrected chi connectivity index (χ1v) is 8.98. The second-order valence-corrected chi connectivity index (χ2v) is 7.21. The van der Waals surface area contributed by atoms with Crippen molar-refractivity contribution < 1.29 is 30.7 Å². The fraction of sp³-hybridized carbons (Fsp3) is 0.474. The molecule has 3 rings (SSSR count). The van der Waals surface area contributed by atoms with Crippen molar-refractivity contribution in [3.63, 3.8) is 0 Å². The molecule has 4 N–H and O–H groups in total. The molecule has 0 spiro atoms. The van der Waals surface area contributed by atoms with Crippen LogP contribution in [0.3, 0.4) is 0 Å². The number of likely N-dealkylation sites (tertiary alicyclic amines) is 1. The molecule has 0 amide bonds. The molecule has 29 heavy (non-hydrogen) atoms. The van der Waals surface area contributed by atoms with Crippen molar-refractivity contribution in [2.24, 2.45) is 11.5 Å². The Morgan fingerprint density at radius 3 is 2.21 bits per heavy atom. The van der Waals surface area contributed by atoms with Crippen molar-refractivity contribution in [3.8, 4) is 0 Å². The lowest BCUT2D eigenvalue weighted by Gasteiger charge is -2.36. The van der Waals surface area contributed by atoms with Gasteiger partial charge in [-0.1, -0.05) is 18.2 Å². The van der Waals surface area contributed by atoms with Gasteiger partial charge in [0.05, 0.1) is 5.70 Å². The number of halogens is 7. The van der Waals surface area contributed by atoms with Gasteiger partial charge >= 0.3 is 18.0 Å². The van der Waals surface area contributed by atoms with Crippen LogP contribution >= 0.6 is 0 Å².